The molecule has 0 saturated heterocycles. The van der Waals surface area contributed by atoms with Gasteiger partial charge in [-0.3, -0.25) is 4.79 Å². The van der Waals surface area contributed by atoms with Gasteiger partial charge < -0.3 is 4.90 Å². The fourth-order valence-corrected chi connectivity index (χ4v) is 3.87. The van der Waals surface area contributed by atoms with Gasteiger partial charge in [-0.05, 0) is 35.1 Å². The van der Waals surface area contributed by atoms with Crippen molar-refractivity contribution < 1.29 is 4.79 Å². The zero-order valence-electron chi connectivity index (χ0n) is 14.8. The zero-order valence-corrected chi connectivity index (χ0v) is 14.8. The van der Waals surface area contributed by atoms with Crippen molar-refractivity contribution in [3.05, 3.63) is 107 Å². The summed E-state index contributed by atoms with van der Waals surface area (Å²) < 4.78 is 0. The highest BCUT2D eigenvalue weighted by atomic mass is 16.2. The second kappa shape index (κ2) is 7.57. The smallest absolute Gasteiger partial charge is 0.223 e. The van der Waals surface area contributed by atoms with Crippen LogP contribution in [0.25, 0.3) is 0 Å². The fourth-order valence-electron chi connectivity index (χ4n) is 3.87. The Morgan fingerprint density at radius 2 is 1.50 bits per heavy atom. The number of amides is 1. The van der Waals surface area contributed by atoms with E-state index in [0.717, 1.165) is 19.4 Å². The first kappa shape index (κ1) is 16.6. The number of benzene rings is 3. The van der Waals surface area contributed by atoms with Crippen molar-refractivity contribution in [3.8, 4) is 0 Å². The van der Waals surface area contributed by atoms with E-state index >= 15 is 0 Å². The van der Waals surface area contributed by atoms with Crippen LogP contribution in [0.3, 0.4) is 0 Å². The fraction of sp³-hybridized carbons (Fsp3) is 0.208. The topological polar surface area (TPSA) is 20.3 Å². The molecule has 0 radical (unpaired) electrons. The van der Waals surface area contributed by atoms with E-state index in [2.05, 4.69) is 65.6 Å². The Labute approximate surface area is 155 Å². The molecule has 4 rings (SSSR count). The van der Waals surface area contributed by atoms with Crippen LogP contribution in [0, 0.1) is 0 Å². The number of carbonyl (C=O) groups is 1. The number of rotatable bonds is 4. The number of aryl methyl sites for hydroxylation is 1. The van der Waals surface area contributed by atoms with E-state index in [1.54, 1.807) is 0 Å². The maximum Gasteiger partial charge on any atom is 0.223 e. The van der Waals surface area contributed by atoms with Crippen molar-refractivity contribution in [2.75, 3.05) is 6.54 Å². The second-order valence-corrected chi connectivity index (χ2v) is 6.83. The Hall–Kier alpha value is -2.87. The van der Waals surface area contributed by atoms with Crippen LogP contribution in [0.1, 0.15) is 34.7 Å². The first-order chi connectivity index (χ1) is 12.8. The summed E-state index contributed by atoms with van der Waals surface area (Å²) in [5.41, 5.74) is 5.02. The third kappa shape index (κ3) is 3.41. The molecule has 1 atom stereocenters. The highest BCUT2D eigenvalue weighted by molar-refractivity contribution is 5.78. The minimum atomic E-state index is 0.0180. The maximum absolute atomic E-state index is 13.1. The molecular formula is C24H23NO. The third-order valence-corrected chi connectivity index (χ3v) is 5.19. The van der Waals surface area contributed by atoms with Crippen LogP contribution >= 0.6 is 0 Å². The Kier molecular flexibility index (Phi) is 4.83. The van der Waals surface area contributed by atoms with Gasteiger partial charge in [0.15, 0.2) is 0 Å². The molecule has 1 aliphatic heterocycles. The van der Waals surface area contributed by atoms with Crippen LogP contribution in [0.5, 0.6) is 0 Å². The minimum absolute atomic E-state index is 0.0180. The molecule has 0 spiro atoms. The normalized spacial score (nSPS) is 16.2. The summed E-state index contributed by atoms with van der Waals surface area (Å²) in [5.74, 6) is 0.234. The molecule has 3 aromatic rings. The SMILES string of the molecule is O=C(CCc1ccccc1)N1CCc2ccccc2C1c1ccccc1. The quantitative estimate of drug-likeness (QED) is 0.668. The maximum atomic E-state index is 13.1. The molecule has 1 heterocycles. The summed E-state index contributed by atoms with van der Waals surface area (Å²) in [7, 11) is 0. The van der Waals surface area contributed by atoms with E-state index in [1.165, 1.54) is 22.3 Å². The molecule has 3 aromatic carbocycles. The van der Waals surface area contributed by atoms with Crippen molar-refractivity contribution in [2.45, 2.75) is 25.3 Å². The summed E-state index contributed by atoms with van der Waals surface area (Å²) in [4.78, 5) is 15.2. The molecule has 130 valence electrons. The van der Waals surface area contributed by atoms with E-state index in [4.69, 9.17) is 0 Å². The largest absolute Gasteiger partial charge is 0.331 e. The second-order valence-electron chi connectivity index (χ2n) is 6.83. The molecule has 0 aromatic heterocycles. The summed E-state index contributed by atoms with van der Waals surface area (Å²) in [6, 6.07) is 29.2. The summed E-state index contributed by atoms with van der Waals surface area (Å²) in [6.45, 7) is 0.782. The number of hydrogen-bond donors (Lipinski definition) is 0. The van der Waals surface area contributed by atoms with Crippen molar-refractivity contribution >= 4 is 5.91 Å². The monoisotopic (exact) mass is 341 g/mol. The van der Waals surface area contributed by atoms with E-state index in [0.29, 0.717) is 6.42 Å². The van der Waals surface area contributed by atoms with Gasteiger partial charge in [-0.2, -0.15) is 0 Å². The minimum Gasteiger partial charge on any atom is -0.331 e. The zero-order chi connectivity index (χ0) is 17.8. The molecule has 2 heteroatoms. The lowest BCUT2D eigenvalue weighted by atomic mass is 9.88. The number of hydrogen-bond acceptors (Lipinski definition) is 1. The summed E-state index contributed by atoms with van der Waals surface area (Å²) in [6.07, 6.45) is 2.27. The van der Waals surface area contributed by atoms with E-state index in [1.807, 2.05) is 24.3 Å². The van der Waals surface area contributed by atoms with Gasteiger partial charge in [-0.1, -0.05) is 84.9 Å². The van der Waals surface area contributed by atoms with Crippen LogP contribution < -0.4 is 0 Å². The molecule has 0 aliphatic carbocycles. The highest BCUT2D eigenvalue weighted by Crippen LogP contribution is 2.35. The lowest BCUT2D eigenvalue weighted by Crippen LogP contribution is -2.40. The Morgan fingerprint density at radius 1 is 0.846 bits per heavy atom. The molecule has 0 fully saturated rings. The van der Waals surface area contributed by atoms with Crippen LogP contribution in [-0.4, -0.2) is 17.4 Å². The Balaban J connectivity index is 1.61. The predicted molar refractivity (Wildman–Crippen MR) is 105 cm³/mol. The standard InChI is InChI=1S/C24H23NO/c26-23(16-15-19-9-3-1-4-10-19)25-18-17-20-11-7-8-14-22(20)24(25)21-12-5-2-6-13-21/h1-14,24H,15-18H2. The average molecular weight is 341 g/mol. The van der Waals surface area contributed by atoms with Gasteiger partial charge in [0, 0.05) is 13.0 Å². The molecule has 0 N–H and O–H groups in total. The van der Waals surface area contributed by atoms with Gasteiger partial charge in [0.05, 0.1) is 6.04 Å². The molecule has 0 saturated carbocycles. The highest BCUT2D eigenvalue weighted by Gasteiger charge is 2.31. The molecule has 1 unspecified atom stereocenters. The predicted octanol–water partition coefficient (Wildman–Crippen LogP) is 4.79. The molecule has 26 heavy (non-hydrogen) atoms. The molecule has 1 aliphatic rings. The van der Waals surface area contributed by atoms with Crippen LogP contribution in [0.4, 0.5) is 0 Å². The van der Waals surface area contributed by atoms with Gasteiger partial charge in [0.25, 0.3) is 0 Å². The van der Waals surface area contributed by atoms with E-state index in [9.17, 15) is 4.79 Å². The van der Waals surface area contributed by atoms with Crippen molar-refractivity contribution in [3.63, 3.8) is 0 Å². The molecule has 2 nitrogen and oxygen atoms in total. The van der Waals surface area contributed by atoms with Crippen molar-refractivity contribution in [1.82, 2.24) is 4.90 Å². The molecular weight excluding hydrogens is 318 g/mol. The van der Waals surface area contributed by atoms with Crippen LogP contribution in [-0.2, 0) is 17.6 Å². The van der Waals surface area contributed by atoms with Gasteiger partial charge in [-0.25, -0.2) is 0 Å². The third-order valence-electron chi connectivity index (χ3n) is 5.19. The molecule has 0 bridgehead atoms. The van der Waals surface area contributed by atoms with Crippen molar-refractivity contribution in [2.24, 2.45) is 0 Å². The first-order valence-corrected chi connectivity index (χ1v) is 9.29. The lowest BCUT2D eigenvalue weighted by molar-refractivity contribution is -0.133. The number of carbonyl (C=O) groups excluding carboxylic acids is 1. The lowest BCUT2D eigenvalue weighted by Gasteiger charge is -2.38. The number of fused-ring (bicyclic) bond motifs is 1. The van der Waals surface area contributed by atoms with Gasteiger partial charge in [0.1, 0.15) is 0 Å². The van der Waals surface area contributed by atoms with Gasteiger partial charge >= 0.3 is 0 Å². The first-order valence-electron chi connectivity index (χ1n) is 9.29. The van der Waals surface area contributed by atoms with E-state index in [-0.39, 0.29) is 11.9 Å². The number of nitrogens with zero attached hydrogens (tertiary/aromatic N) is 1. The summed E-state index contributed by atoms with van der Waals surface area (Å²) >= 11 is 0. The Bertz CT molecular complexity index is 873. The summed E-state index contributed by atoms with van der Waals surface area (Å²) in [5, 5.41) is 0. The van der Waals surface area contributed by atoms with Crippen LogP contribution in [0.15, 0.2) is 84.9 Å². The van der Waals surface area contributed by atoms with Crippen LogP contribution in [0.2, 0.25) is 0 Å². The van der Waals surface area contributed by atoms with Crippen molar-refractivity contribution in [1.29, 1.82) is 0 Å². The van der Waals surface area contributed by atoms with Gasteiger partial charge in [0.2, 0.25) is 5.91 Å². The van der Waals surface area contributed by atoms with Gasteiger partial charge in [-0.15, -0.1) is 0 Å². The van der Waals surface area contributed by atoms with E-state index < -0.39 is 0 Å². The Morgan fingerprint density at radius 3 is 2.27 bits per heavy atom. The molecule has 1 amide bonds. The average Bonchev–Trinajstić information content (AvgIpc) is 2.72.